The fraction of sp³-hybridized carbons (Fsp3) is 0.316. The molecule has 0 spiro atoms. The average molecular weight is 939 g/mol. The van der Waals surface area contributed by atoms with Crippen molar-refractivity contribution in [3.63, 3.8) is 0 Å². The van der Waals surface area contributed by atoms with Crippen LogP contribution in [0.2, 0.25) is 0 Å². The standard InChI is InChI=1S/C38H45N4.3HI/c1-39-22-17-31(18-23-39)9-11-33-13-15-37-35(29-33)36-30-34(12-10-32-19-24-40(2)25-20-32)14-16-38(36)41(37)21-5-8-28-42(3)26-6-4-7-27-42;;;/h9-20,22-25,29-30H,4-8,21,26-28H2,1-3H3;3*1H/q+3;;;/p-3. The molecule has 0 unspecified atom stereocenters. The maximum absolute atomic E-state index is 2.57. The molecule has 7 heteroatoms. The third-order valence-corrected chi connectivity index (χ3v) is 9.08. The second-order valence-electron chi connectivity index (χ2n) is 12.5. The van der Waals surface area contributed by atoms with Crippen molar-refractivity contribution in [2.45, 2.75) is 38.6 Å². The molecule has 238 valence electrons. The number of aryl methyl sites for hydroxylation is 3. The molecule has 3 aromatic heterocycles. The number of aromatic nitrogens is 3. The first-order valence-electron chi connectivity index (χ1n) is 15.6. The van der Waals surface area contributed by atoms with E-state index in [4.69, 9.17) is 0 Å². The van der Waals surface area contributed by atoms with Crippen molar-refractivity contribution in [2.24, 2.45) is 14.1 Å². The Kier molecular flexibility index (Phi) is 14.5. The Morgan fingerprint density at radius 1 is 0.600 bits per heavy atom. The number of fused-ring (bicyclic) bond motifs is 3. The number of hydrogen-bond donors (Lipinski definition) is 0. The number of hydrogen-bond acceptors (Lipinski definition) is 0. The van der Waals surface area contributed by atoms with E-state index >= 15 is 0 Å². The molecule has 0 atom stereocenters. The Labute approximate surface area is 320 Å². The zero-order valence-electron chi connectivity index (χ0n) is 26.7. The first-order valence-corrected chi connectivity index (χ1v) is 15.6. The second kappa shape index (κ2) is 17.4. The summed E-state index contributed by atoms with van der Waals surface area (Å²) in [6, 6.07) is 22.6. The van der Waals surface area contributed by atoms with Crippen LogP contribution in [0, 0.1) is 0 Å². The minimum absolute atomic E-state index is 0. The minimum atomic E-state index is 0. The molecule has 0 bridgehead atoms. The van der Waals surface area contributed by atoms with Gasteiger partial charge in [0.2, 0.25) is 0 Å². The summed E-state index contributed by atoms with van der Waals surface area (Å²) in [5.41, 5.74) is 7.56. The highest BCUT2D eigenvalue weighted by Crippen LogP contribution is 2.32. The van der Waals surface area contributed by atoms with Crippen LogP contribution in [0.15, 0.2) is 85.5 Å². The van der Waals surface area contributed by atoms with Crippen LogP contribution in [0.1, 0.15) is 54.4 Å². The summed E-state index contributed by atoms with van der Waals surface area (Å²) in [5, 5.41) is 2.67. The minimum Gasteiger partial charge on any atom is -1.00 e. The predicted octanol–water partition coefficient (Wildman–Crippen LogP) is -1.79. The molecule has 4 heterocycles. The molecular formula is C38H45I3N4. The molecule has 0 saturated carbocycles. The molecule has 0 N–H and O–H groups in total. The van der Waals surface area contributed by atoms with Gasteiger partial charge in [0, 0.05) is 52.6 Å². The Bertz CT molecular complexity index is 1620. The number of likely N-dealkylation sites (tertiary alicyclic amines) is 1. The Hall–Kier alpha value is -1.83. The van der Waals surface area contributed by atoms with Crippen molar-refractivity contribution in [1.29, 1.82) is 0 Å². The van der Waals surface area contributed by atoms with Gasteiger partial charge in [0.25, 0.3) is 0 Å². The maximum atomic E-state index is 2.57. The molecule has 1 aliphatic rings. The highest BCUT2D eigenvalue weighted by Gasteiger charge is 2.23. The third kappa shape index (κ3) is 9.60. The summed E-state index contributed by atoms with van der Waals surface area (Å²) in [5.74, 6) is 0. The zero-order chi connectivity index (χ0) is 28.9. The van der Waals surface area contributed by atoms with Gasteiger partial charge in [-0.2, -0.15) is 0 Å². The van der Waals surface area contributed by atoms with Gasteiger partial charge < -0.3 is 81.0 Å². The van der Waals surface area contributed by atoms with Crippen molar-refractivity contribution in [3.05, 3.63) is 108 Å². The van der Waals surface area contributed by atoms with Gasteiger partial charge in [0.15, 0.2) is 24.8 Å². The number of nitrogens with zero attached hydrogens (tertiary/aromatic N) is 4. The van der Waals surface area contributed by atoms with Crippen molar-refractivity contribution >= 4 is 46.1 Å². The number of quaternary nitrogens is 1. The van der Waals surface area contributed by atoms with E-state index in [1.165, 1.54) is 100 Å². The SMILES string of the molecule is C[n+]1ccc(/C=C/c2ccc3c(c2)c2cc(/C=C/c4cc[n+](C)cc4)ccc2n3CCCC[N+]2(C)CCCCC2)cc1.[I-].[I-].[I-]. The van der Waals surface area contributed by atoms with Crippen LogP contribution in [-0.2, 0) is 20.6 Å². The maximum Gasteiger partial charge on any atom is 0.169 e. The lowest BCUT2D eigenvalue weighted by molar-refractivity contribution is -0.914. The molecule has 45 heavy (non-hydrogen) atoms. The topological polar surface area (TPSA) is 12.7 Å². The van der Waals surface area contributed by atoms with E-state index in [-0.39, 0.29) is 71.9 Å². The van der Waals surface area contributed by atoms with Gasteiger partial charge in [-0.05, 0) is 78.6 Å². The van der Waals surface area contributed by atoms with Crippen LogP contribution in [-0.4, -0.2) is 35.7 Å². The smallest absolute Gasteiger partial charge is 0.169 e. The molecule has 2 aromatic carbocycles. The van der Waals surface area contributed by atoms with Crippen molar-refractivity contribution in [3.8, 4) is 0 Å². The molecule has 1 aliphatic heterocycles. The summed E-state index contributed by atoms with van der Waals surface area (Å²) in [7, 11) is 6.57. The molecule has 1 saturated heterocycles. The largest absolute Gasteiger partial charge is 1.00 e. The third-order valence-electron chi connectivity index (χ3n) is 9.08. The van der Waals surface area contributed by atoms with Crippen LogP contribution in [0.3, 0.4) is 0 Å². The van der Waals surface area contributed by atoms with Gasteiger partial charge in [-0.3, -0.25) is 0 Å². The summed E-state index contributed by atoms with van der Waals surface area (Å²) in [4.78, 5) is 0. The van der Waals surface area contributed by atoms with Crippen molar-refractivity contribution < 1.29 is 85.5 Å². The van der Waals surface area contributed by atoms with Crippen LogP contribution < -0.4 is 81.1 Å². The van der Waals surface area contributed by atoms with E-state index in [1.54, 1.807) is 0 Å². The van der Waals surface area contributed by atoms with Crippen LogP contribution in [0.5, 0.6) is 0 Å². The van der Waals surface area contributed by atoms with E-state index < -0.39 is 0 Å². The average Bonchev–Trinajstić information content (AvgIpc) is 3.31. The van der Waals surface area contributed by atoms with E-state index in [0.29, 0.717) is 0 Å². The van der Waals surface area contributed by atoms with E-state index in [2.05, 4.69) is 145 Å². The summed E-state index contributed by atoms with van der Waals surface area (Å²) in [6.45, 7) is 5.07. The second-order valence-corrected chi connectivity index (χ2v) is 12.5. The fourth-order valence-corrected chi connectivity index (χ4v) is 6.48. The first kappa shape index (κ1) is 37.6. The van der Waals surface area contributed by atoms with Gasteiger partial charge in [0.05, 0.1) is 26.7 Å². The highest BCUT2D eigenvalue weighted by atomic mass is 127. The van der Waals surface area contributed by atoms with Crippen LogP contribution in [0.4, 0.5) is 0 Å². The number of benzene rings is 2. The first-order chi connectivity index (χ1) is 20.5. The number of halogens is 3. The number of rotatable bonds is 9. The van der Waals surface area contributed by atoms with E-state index in [1.807, 2.05) is 0 Å². The lowest BCUT2D eigenvalue weighted by Gasteiger charge is -2.37. The molecule has 0 aliphatic carbocycles. The Morgan fingerprint density at radius 2 is 1.04 bits per heavy atom. The van der Waals surface area contributed by atoms with Crippen molar-refractivity contribution in [2.75, 3.05) is 26.7 Å². The molecular weight excluding hydrogens is 893 g/mol. The molecule has 6 rings (SSSR count). The Morgan fingerprint density at radius 3 is 1.51 bits per heavy atom. The van der Waals surface area contributed by atoms with Gasteiger partial charge >= 0.3 is 0 Å². The van der Waals surface area contributed by atoms with Crippen LogP contribution in [0.25, 0.3) is 46.1 Å². The van der Waals surface area contributed by atoms with Gasteiger partial charge in [-0.1, -0.05) is 36.4 Å². The predicted molar refractivity (Wildman–Crippen MR) is 176 cm³/mol. The lowest BCUT2D eigenvalue weighted by atomic mass is 10.1. The molecule has 5 aromatic rings. The van der Waals surface area contributed by atoms with Gasteiger partial charge in [-0.15, -0.1) is 0 Å². The quantitative estimate of drug-likeness (QED) is 0.0719. The number of piperidine rings is 1. The zero-order valence-corrected chi connectivity index (χ0v) is 33.2. The number of unbranched alkanes of at least 4 members (excludes halogenated alkanes) is 1. The molecule has 4 nitrogen and oxygen atoms in total. The normalized spacial score (nSPS) is 14.4. The fourth-order valence-electron chi connectivity index (χ4n) is 6.48. The highest BCUT2D eigenvalue weighted by molar-refractivity contribution is 6.09. The molecule has 0 amide bonds. The van der Waals surface area contributed by atoms with E-state index in [0.717, 1.165) is 6.54 Å². The lowest BCUT2D eigenvalue weighted by Crippen LogP contribution is -3.00. The van der Waals surface area contributed by atoms with Crippen molar-refractivity contribution in [1.82, 2.24) is 4.57 Å². The van der Waals surface area contributed by atoms with E-state index in [9.17, 15) is 0 Å². The summed E-state index contributed by atoms with van der Waals surface area (Å²) < 4.78 is 7.96. The monoisotopic (exact) mass is 938 g/mol. The molecule has 0 radical (unpaired) electrons. The van der Waals surface area contributed by atoms with Crippen LogP contribution >= 0.6 is 0 Å². The van der Waals surface area contributed by atoms with Gasteiger partial charge in [0.1, 0.15) is 14.1 Å². The Balaban J connectivity index is 0.00000184. The summed E-state index contributed by atoms with van der Waals surface area (Å²) >= 11 is 0. The number of pyridine rings is 2. The summed E-state index contributed by atoms with van der Waals surface area (Å²) in [6.07, 6.45) is 23.9. The van der Waals surface area contributed by atoms with Gasteiger partial charge in [-0.25, -0.2) is 9.13 Å². The molecule has 1 fully saturated rings.